The van der Waals surface area contributed by atoms with Crippen molar-refractivity contribution in [3.8, 4) is 0 Å². The lowest BCUT2D eigenvalue weighted by molar-refractivity contribution is 0.0773. The molecular weight excluding hydrogens is 190 g/mol. The standard InChI is InChI=1S/C12H19NO2/c1-13(7-9-15-10-8-14)11-12-5-3-2-4-6-12/h2-6,14H,7-11H2,1H3. The van der Waals surface area contributed by atoms with Crippen LogP contribution in [0, 0.1) is 0 Å². The molecule has 0 bridgehead atoms. The van der Waals surface area contributed by atoms with Gasteiger partial charge in [-0.3, -0.25) is 4.90 Å². The summed E-state index contributed by atoms with van der Waals surface area (Å²) in [4.78, 5) is 2.20. The van der Waals surface area contributed by atoms with Crippen molar-refractivity contribution < 1.29 is 9.84 Å². The monoisotopic (exact) mass is 209 g/mol. The third-order valence-electron chi connectivity index (χ3n) is 2.15. The van der Waals surface area contributed by atoms with E-state index in [0.29, 0.717) is 13.2 Å². The minimum atomic E-state index is 0.0996. The molecule has 84 valence electrons. The molecule has 0 aliphatic rings. The van der Waals surface area contributed by atoms with Crippen LogP contribution in [0.15, 0.2) is 30.3 Å². The zero-order chi connectivity index (χ0) is 10.9. The van der Waals surface area contributed by atoms with Crippen molar-refractivity contribution in [2.75, 3.05) is 33.4 Å². The molecule has 0 fully saturated rings. The molecule has 1 rings (SSSR count). The van der Waals surface area contributed by atoms with Crippen molar-refractivity contribution in [1.82, 2.24) is 4.90 Å². The van der Waals surface area contributed by atoms with Gasteiger partial charge in [0.25, 0.3) is 0 Å². The average molecular weight is 209 g/mol. The molecule has 1 aromatic carbocycles. The highest BCUT2D eigenvalue weighted by Crippen LogP contribution is 2.01. The van der Waals surface area contributed by atoms with Gasteiger partial charge in [-0.05, 0) is 12.6 Å². The summed E-state index contributed by atoms with van der Waals surface area (Å²) in [5.41, 5.74) is 1.31. The molecule has 0 aliphatic heterocycles. The van der Waals surface area contributed by atoms with E-state index in [2.05, 4.69) is 24.1 Å². The molecule has 0 aliphatic carbocycles. The smallest absolute Gasteiger partial charge is 0.0698 e. The summed E-state index contributed by atoms with van der Waals surface area (Å²) in [7, 11) is 2.06. The zero-order valence-electron chi connectivity index (χ0n) is 9.22. The number of hydrogen-bond acceptors (Lipinski definition) is 3. The Kier molecular flexibility index (Phi) is 6.00. The quantitative estimate of drug-likeness (QED) is 0.683. The summed E-state index contributed by atoms with van der Waals surface area (Å²) in [6.07, 6.45) is 0. The first kappa shape index (κ1) is 12.2. The summed E-state index contributed by atoms with van der Waals surface area (Å²) in [5, 5.41) is 8.53. The van der Waals surface area contributed by atoms with Gasteiger partial charge in [0.2, 0.25) is 0 Å². The Hall–Kier alpha value is -0.900. The molecule has 0 saturated carbocycles. The summed E-state index contributed by atoms with van der Waals surface area (Å²) in [5.74, 6) is 0. The van der Waals surface area contributed by atoms with Gasteiger partial charge in [0.15, 0.2) is 0 Å². The van der Waals surface area contributed by atoms with Crippen LogP contribution >= 0.6 is 0 Å². The van der Waals surface area contributed by atoms with Gasteiger partial charge < -0.3 is 9.84 Å². The van der Waals surface area contributed by atoms with Crippen LogP contribution in [0.4, 0.5) is 0 Å². The van der Waals surface area contributed by atoms with Crippen molar-refractivity contribution in [1.29, 1.82) is 0 Å². The summed E-state index contributed by atoms with van der Waals surface area (Å²) in [6, 6.07) is 10.3. The Bertz CT molecular complexity index is 251. The van der Waals surface area contributed by atoms with Gasteiger partial charge >= 0.3 is 0 Å². The number of aliphatic hydroxyl groups is 1. The van der Waals surface area contributed by atoms with E-state index in [1.807, 2.05) is 18.2 Å². The molecular formula is C12H19NO2. The van der Waals surface area contributed by atoms with Crippen LogP contribution in [-0.4, -0.2) is 43.4 Å². The van der Waals surface area contributed by atoms with E-state index in [4.69, 9.17) is 9.84 Å². The third-order valence-corrected chi connectivity index (χ3v) is 2.15. The molecule has 0 aromatic heterocycles. The van der Waals surface area contributed by atoms with E-state index in [0.717, 1.165) is 13.1 Å². The van der Waals surface area contributed by atoms with E-state index in [1.165, 1.54) is 5.56 Å². The second-order valence-electron chi connectivity index (χ2n) is 3.56. The average Bonchev–Trinajstić information content (AvgIpc) is 2.26. The second kappa shape index (κ2) is 7.40. The van der Waals surface area contributed by atoms with E-state index in [9.17, 15) is 0 Å². The summed E-state index contributed by atoms with van der Waals surface area (Å²) in [6.45, 7) is 3.02. The van der Waals surface area contributed by atoms with Crippen molar-refractivity contribution in [3.63, 3.8) is 0 Å². The molecule has 1 aromatic rings. The molecule has 0 atom stereocenters. The third kappa shape index (κ3) is 5.52. The minimum absolute atomic E-state index is 0.0996. The number of ether oxygens (including phenoxy) is 1. The molecule has 0 radical (unpaired) electrons. The first-order chi connectivity index (χ1) is 7.33. The van der Waals surface area contributed by atoms with Gasteiger partial charge in [0, 0.05) is 13.1 Å². The molecule has 0 spiro atoms. The van der Waals surface area contributed by atoms with Crippen LogP contribution in [-0.2, 0) is 11.3 Å². The van der Waals surface area contributed by atoms with Crippen molar-refractivity contribution in [2.24, 2.45) is 0 Å². The zero-order valence-corrected chi connectivity index (χ0v) is 9.22. The predicted molar refractivity (Wildman–Crippen MR) is 60.7 cm³/mol. The molecule has 0 saturated heterocycles. The van der Waals surface area contributed by atoms with Gasteiger partial charge in [-0.15, -0.1) is 0 Å². The highest BCUT2D eigenvalue weighted by Gasteiger charge is 1.99. The molecule has 0 heterocycles. The van der Waals surface area contributed by atoms with E-state index < -0.39 is 0 Å². The Morgan fingerprint density at radius 3 is 2.60 bits per heavy atom. The van der Waals surface area contributed by atoms with Crippen molar-refractivity contribution in [2.45, 2.75) is 6.54 Å². The topological polar surface area (TPSA) is 32.7 Å². The first-order valence-electron chi connectivity index (χ1n) is 5.24. The lowest BCUT2D eigenvalue weighted by Crippen LogP contribution is -2.23. The molecule has 15 heavy (non-hydrogen) atoms. The fourth-order valence-corrected chi connectivity index (χ4v) is 1.36. The van der Waals surface area contributed by atoms with Crippen LogP contribution < -0.4 is 0 Å². The van der Waals surface area contributed by atoms with Crippen LogP contribution in [0.3, 0.4) is 0 Å². The number of likely N-dealkylation sites (N-methyl/N-ethyl adjacent to an activating group) is 1. The van der Waals surface area contributed by atoms with Gasteiger partial charge in [0.05, 0.1) is 19.8 Å². The van der Waals surface area contributed by atoms with E-state index in [1.54, 1.807) is 0 Å². The Balaban J connectivity index is 2.16. The van der Waals surface area contributed by atoms with Gasteiger partial charge in [-0.25, -0.2) is 0 Å². The number of benzene rings is 1. The molecule has 1 N–H and O–H groups in total. The van der Waals surface area contributed by atoms with Crippen LogP contribution in [0.2, 0.25) is 0 Å². The van der Waals surface area contributed by atoms with Crippen LogP contribution in [0.5, 0.6) is 0 Å². The maximum atomic E-state index is 8.53. The fraction of sp³-hybridized carbons (Fsp3) is 0.500. The molecule has 0 unspecified atom stereocenters. The largest absolute Gasteiger partial charge is 0.394 e. The Morgan fingerprint density at radius 2 is 1.93 bits per heavy atom. The van der Waals surface area contributed by atoms with Crippen LogP contribution in [0.1, 0.15) is 5.56 Å². The van der Waals surface area contributed by atoms with E-state index in [-0.39, 0.29) is 6.61 Å². The second-order valence-corrected chi connectivity index (χ2v) is 3.56. The van der Waals surface area contributed by atoms with Gasteiger partial charge in [-0.2, -0.15) is 0 Å². The molecule has 0 amide bonds. The number of nitrogens with zero attached hydrogens (tertiary/aromatic N) is 1. The number of rotatable bonds is 7. The lowest BCUT2D eigenvalue weighted by Gasteiger charge is -2.16. The first-order valence-corrected chi connectivity index (χ1v) is 5.24. The highest BCUT2D eigenvalue weighted by atomic mass is 16.5. The van der Waals surface area contributed by atoms with Crippen molar-refractivity contribution in [3.05, 3.63) is 35.9 Å². The predicted octanol–water partition coefficient (Wildman–Crippen LogP) is 1.13. The number of aliphatic hydroxyl groups excluding tert-OH is 1. The summed E-state index contributed by atoms with van der Waals surface area (Å²) >= 11 is 0. The number of hydrogen-bond donors (Lipinski definition) is 1. The maximum Gasteiger partial charge on any atom is 0.0698 e. The SMILES string of the molecule is CN(CCOCCO)Cc1ccccc1. The Labute approximate surface area is 91.3 Å². The fourth-order valence-electron chi connectivity index (χ4n) is 1.36. The van der Waals surface area contributed by atoms with Gasteiger partial charge in [-0.1, -0.05) is 30.3 Å². The maximum absolute atomic E-state index is 8.53. The molecule has 3 nitrogen and oxygen atoms in total. The highest BCUT2D eigenvalue weighted by molar-refractivity contribution is 5.14. The molecule has 3 heteroatoms. The normalized spacial score (nSPS) is 10.9. The minimum Gasteiger partial charge on any atom is -0.394 e. The Morgan fingerprint density at radius 1 is 1.20 bits per heavy atom. The van der Waals surface area contributed by atoms with Crippen molar-refractivity contribution >= 4 is 0 Å². The summed E-state index contributed by atoms with van der Waals surface area (Å²) < 4.78 is 5.20. The van der Waals surface area contributed by atoms with E-state index >= 15 is 0 Å². The van der Waals surface area contributed by atoms with Gasteiger partial charge in [0.1, 0.15) is 0 Å². The lowest BCUT2D eigenvalue weighted by atomic mass is 10.2. The van der Waals surface area contributed by atoms with Crippen LogP contribution in [0.25, 0.3) is 0 Å².